The predicted octanol–water partition coefficient (Wildman–Crippen LogP) is 2.96. The summed E-state index contributed by atoms with van der Waals surface area (Å²) < 4.78 is 1.70. The van der Waals surface area contributed by atoms with E-state index in [1.807, 2.05) is 37.4 Å². The number of nitrogens with zero attached hydrogens (tertiary/aromatic N) is 2. The first-order valence-corrected chi connectivity index (χ1v) is 8.95. The van der Waals surface area contributed by atoms with E-state index < -0.39 is 12.0 Å². The minimum absolute atomic E-state index is 0.173. The summed E-state index contributed by atoms with van der Waals surface area (Å²) in [5.74, 6) is -1.28. The lowest BCUT2D eigenvalue weighted by Gasteiger charge is -2.17. The van der Waals surface area contributed by atoms with Gasteiger partial charge in [-0.1, -0.05) is 19.1 Å². The van der Waals surface area contributed by atoms with Crippen LogP contribution in [-0.4, -0.2) is 33.0 Å². The number of carboxylic acid groups (broad SMARTS) is 1. The van der Waals surface area contributed by atoms with Crippen LogP contribution < -0.4 is 5.32 Å². The molecular weight excluding hydrogens is 326 g/mol. The highest BCUT2D eigenvalue weighted by Crippen LogP contribution is 2.22. The van der Waals surface area contributed by atoms with Gasteiger partial charge in [0, 0.05) is 17.6 Å². The molecule has 0 bridgehead atoms. The van der Waals surface area contributed by atoms with Gasteiger partial charge in [0.25, 0.3) is 5.91 Å². The zero-order valence-electron chi connectivity index (χ0n) is 13.7. The number of aromatic nitrogens is 2. The topological polar surface area (TPSA) is 84.2 Å². The van der Waals surface area contributed by atoms with Crippen molar-refractivity contribution in [3.8, 4) is 0 Å². The van der Waals surface area contributed by atoms with Gasteiger partial charge in [0.05, 0.1) is 24.2 Å². The molecule has 1 atom stereocenters. The second-order valence-electron chi connectivity index (χ2n) is 5.39. The van der Waals surface area contributed by atoms with Gasteiger partial charge < -0.3 is 10.4 Å². The van der Waals surface area contributed by atoms with Crippen LogP contribution in [0, 0.1) is 0 Å². The van der Waals surface area contributed by atoms with Crippen molar-refractivity contribution in [1.82, 2.24) is 15.1 Å². The number of hydrogen-bond donors (Lipinski definition) is 2. The SMILES string of the molecule is CCCn1cc(C(=O)NC(CC(=O)O)c2ccc(SC)cc2)cn1. The number of aryl methyl sites for hydroxylation is 1. The molecule has 1 amide bonds. The van der Waals surface area contributed by atoms with Gasteiger partial charge in [0.15, 0.2) is 0 Å². The number of carbonyl (C=O) groups excluding carboxylic acids is 1. The van der Waals surface area contributed by atoms with E-state index in [1.165, 1.54) is 6.20 Å². The number of thioether (sulfide) groups is 1. The Morgan fingerprint density at radius 1 is 1.33 bits per heavy atom. The molecule has 0 radical (unpaired) electrons. The molecule has 0 aliphatic carbocycles. The number of rotatable bonds is 8. The van der Waals surface area contributed by atoms with E-state index in [1.54, 1.807) is 22.6 Å². The van der Waals surface area contributed by atoms with Crippen molar-refractivity contribution in [2.45, 2.75) is 37.2 Å². The maximum atomic E-state index is 12.4. The Labute approximate surface area is 145 Å². The van der Waals surface area contributed by atoms with Crippen molar-refractivity contribution >= 4 is 23.6 Å². The van der Waals surface area contributed by atoms with E-state index in [0.717, 1.165) is 23.4 Å². The van der Waals surface area contributed by atoms with Crippen LogP contribution in [0.1, 0.15) is 41.7 Å². The van der Waals surface area contributed by atoms with Crippen LogP contribution in [0.25, 0.3) is 0 Å². The molecule has 2 aromatic rings. The third-order valence-corrected chi connectivity index (χ3v) is 4.29. The van der Waals surface area contributed by atoms with E-state index in [9.17, 15) is 9.59 Å². The van der Waals surface area contributed by atoms with Crippen molar-refractivity contribution < 1.29 is 14.7 Å². The monoisotopic (exact) mass is 347 g/mol. The first-order chi connectivity index (χ1) is 11.5. The normalized spacial score (nSPS) is 11.9. The fourth-order valence-corrected chi connectivity index (χ4v) is 2.75. The van der Waals surface area contributed by atoms with Crippen LogP contribution in [0.2, 0.25) is 0 Å². The molecule has 24 heavy (non-hydrogen) atoms. The fraction of sp³-hybridized carbons (Fsp3) is 0.353. The van der Waals surface area contributed by atoms with Crippen LogP contribution in [0.3, 0.4) is 0 Å². The smallest absolute Gasteiger partial charge is 0.305 e. The minimum Gasteiger partial charge on any atom is -0.481 e. The number of carboxylic acids is 1. The zero-order valence-corrected chi connectivity index (χ0v) is 14.5. The molecule has 1 unspecified atom stereocenters. The van der Waals surface area contributed by atoms with Gasteiger partial charge in [-0.05, 0) is 30.4 Å². The molecule has 1 heterocycles. The highest BCUT2D eigenvalue weighted by atomic mass is 32.2. The molecule has 7 heteroatoms. The van der Waals surface area contributed by atoms with Crippen LogP contribution in [0.5, 0.6) is 0 Å². The Morgan fingerprint density at radius 2 is 2.04 bits per heavy atom. The summed E-state index contributed by atoms with van der Waals surface area (Å²) in [5, 5.41) is 16.1. The van der Waals surface area contributed by atoms with Crippen LogP contribution >= 0.6 is 11.8 Å². The lowest BCUT2D eigenvalue weighted by atomic mass is 10.0. The molecule has 2 N–H and O–H groups in total. The summed E-state index contributed by atoms with van der Waals surface area (Å²) in [7, 11) is 0. The summed E-state index contributed by atoms with van der Waals surface area (Å²) in [5.41, 5.74) is 1.20. The molecule has 128 valence electrons. The summed E-state index contributed by atoms with van der Waals surface area (Å²) in [6.07, 6.45) is 5.90. The molecule has 0 spiro atoms. The zero-order chi connectivity index (χ0) is 17.5. The standard InChI is InChI=1S/C17H21N3O3S/c1-3-8-20-11-13(10-18-20)17(23)19-15(9-16(21)22)12-4-6-14(24-2)7-5-12/h4-7,10-11,15H,3,8-9H2,1-2H3,(H,19,23)(H,21,22). The van der Waals surface area contributed by atoms with E-state index in [-0.39, 0.29) is 12.3 Å². The molecule has 0 fully saturated rings. The van der Waals surface area contributed by atoms with Gasteiger partial charge in [0.2, 0.25) is 0 Å². The molecule has 1 aromatic carbocycles. The molecule has 0 aliphatic heterocycles. The Bertz CT molecular complexity index is 697. The van der Waals surface area contributed by atoms with Crippen LogP contribution in [0.15, 0.2) is 41.6 Å². The van der Waals surface area contributed by atoms with E-state index in [2.05, 4.69) is 10.4 Å². The van der Waals surface area contributed by atoms with E-state index in [4.69, 9.17) is 5.11 Å². The molecule has 0 saturated carbocycles. The van der Waals surface area contributed by atoms with E-state index >= 15 is 0 Å². The van der Waals surface area contributed by atoms with E-state index in [0.29, 0.717) is 5.56 Å². The number of carbonyl (C=O) groups is 2. The second kappa shape index (κ2) is 8.54. The summed E-state index contributed by atoms with van der Waals surface area (Å²) in [6.45, 7) is 2.77. The van der Waals surface area contributed by atoms with Crippen molar-refractivity contribution in [2.24, 2.45) is 0 Å². The van der Waals surface area contributed by atoms with Gasteiger partial charge in [-0.15, -0.1) is 11.8 Å². The van der Waals surface area contributed by atoms with Gasteiger partial charge in [-0.3, -0.25) is 14.3 Å². The molecule has 6 nitrogen and oxygen atoms in total. The number of hydrogen-bond acceptors (Lipinski definition) is 4. The Kier molecular flexibility index (Phi) is 6.43. The quantitative estimate of drug-likeness (QED) is 0.717. The van der Waals surface area contributed by atoms with Gasteiger partial charge in [-0.25, -0.2) is 0 Å². The third kappa shape index (κ3) is 4.86. The number of nitrogens with one attached hydrogen (secondary N) is 1. The average Bonchev–Trinajstić information content (AvgIpc) is 3.03. The largest absolute Gasteiger partial charge is 0.481 e. The molecular formula is C17H21N3O3S. The second-order valence-corrected chi connectivity index (χ2v) is 6.27. The fourth-order valence-electron chi connectivity index (χ4n) is 2.34. The van der Waals surface area contributed by atoms with Crippen molar-refractivity contribution in [2.75, 3.05) is 6.26 Å². The highest BCUT2D eigenvalue weighted by molar-refractivity contribution is 7.98. The van der Waals surface area contributed by atoms with Crippen LogP contribution in [0.4, 0.5) is 0 Å². The average molecular weight is 347 g/mol. The predicted molar refractivity (Wildman–Crippen MR) is 93.2 cm³/mol. The van der Waals surface area contributed by atoms with Gasteiger partial charge in [0.1, 0.15) is 0 Å². The molecule has 2 rings (SSSR count). The summed E-state index contributed by atoms with van der Waals surface area (Å²) in [4.78, 5) is 24.6. The molecule has 0 saturated heterocycles. The number of amides is 1. The van der Waals surface area contributed by atoms with Crippen molar-refractivity contribution in [3.05, 3.63) is 47.8 Å². The molecule has 1 aromatic heterocycles. The lowest BCUT2D eigenvalue weighted by molar-refractivity contribution is -0.137. The maximum Gasteiger partial charge on any atom is 0.305 e. The van der Waals surface area contributed by atoms with Gasteiger partial charge in [-0.2, -0.15) is 5.10 Å². The Hall–Kier alpha value is -2.28. The first-order valence-electron chi connectivity index (χ1n) is 7.72. The lowest BCUT2D eigenvalue weighted by Crippen LogP contribution is -2.30. The van der Waals surface area contributed by atoms with Crippen molar-refractivity contribution in [3.63, 3.8) is 0 Å². The highest BCUT2D eigenvalue weighted by Gasteiger charge is 2.19. The number of benzene rings is 1. The summed E-state index contributed by atoms with van der Waals surface area (Å²) >= 11 is 1.61. The van der Waals surface area contributed by atoms with Gasteiger partial charge >= 0.3 is 5.97 Å². The molecule has 0 aliphatic rings. The minimum atomic E-state index is -0.962. The summed E-state index contributed by atoms with van der Waals surface area (Å²) in [6, 6.07) is 6.95. The van der Waals surface area contributed by atoms with Crippen molar-refractivity contribution in [1.29, 1.82) is 0 Å². The Balaban J connectivity index is 2.14. The Morgan fingerprint density at radius 3 is 2.62 bits per heavy atom. The first kappa shape index (κ1) is 18.1. The van der Waals surface area contributed by atoms with Crippen LogP contribution in [-0.2, 0) is 11.3 Å². The third-order valence-electron chi connectivity index (χ3n) is 3.55. The maximum absolute atomic E-state index is 12.4. The number of aliphatic carboxylic acids is 1.